The monoisotopic (exact) mass is 318 g/mol. The molecule has 1 unspecified atom stereocenters. The predicted molar refractivity (Wildman–Crippen MR) is 80.2 cm³/mol. The highest BCUT2D eigenvalue weighted by Crippen LogP contribution is 2.25. The van der Waals surface area contributed by atoms with E-state index in [9.17, 15) is 4.39 Å². The maximum Gasteiger partial charge on any atom is 0.144 e. The van der Waals surface area contributed by atoms with Crippen LogP contribution in [0.4, 0.5) is 4.39 Å². The van der Waals surface area contributed by atoms with Crippen LogP contribution >= 0.6 is 23.2 Å². The number of hydrogen-bond acceptors (Lipinski definition) is 2. The molecule has 0 radical (unpaired) electrons. The van der Waals surface area contributed by atoms with Crippen molar-refractivity contribution in [2.45, 2.75) is 19.9 Å². The molecule has 6 heteroatoms. The van der Waals surface area contributed by atoms with E-state index in [1.807, 2.05) is 4.57 Å². The van der Waals surface area contributed by atoms with Gasteiger partial charge in [0.1, 0.15) is 11.6 Å². The standard InChI is InChI=1S/C14H17Cl2FN2O/c1-9(8-20-2)7-19-13-6-11(17)10(16)5-12(13)18-14(19)3-4-15/h5-6,9H,3-4,7-8H2,1-2H3. The number of halogens is 3. The SMILES string of the molecule is COCC(C)Cn1c(CCCl)nc2cc(Cl)c(F)cc21. The Morgan fingerprint density at radius 1 is 1.45 bits per heavy atom. The number of alkyl halides is 1. The van der Waals surface area contributed by atoms with Crippen LogP contribution in [-0.4, -0.2) is 29.1 Å². The average molecular weight is 319 g/mol. The van der Waals surface area contributed by atoms with Gasteiger partial charge in [0.15, 0.2) is 0 Å². The topological polar surface area (TPSA) is 27.1 Å². The third-order valence-electron chi connectivity index (χ3n) is 3.13. The highest BCUT2D eigenvalue weighted by Gasteiger charge is 2.15. The van der Waals surface area contributed by atoms with Crippen LogP contribution in [-0.2, 0) is 17.7 Å². The first kappa shape index (κ1) is 15.5. The lowest BCUT2D eigenvalue weighted by Crippen LogP contribution is -2.15. The van der Waals surface area contributed by atoms with E-state index in [1.165, 1.54) is 6.07 Å². The first-order valence-electron chi connectivity index (χ1n) is 6.45. The molecule has 0 spiro atoms. The molecule has 110 valence electrons. The Kier molecular flexibility index (Phi) is 5.24. The molecule has 0 fully saturated rings. The smallest absolute Gasteiger partial charge is 0.144 e. The number of imidazole rings is 1. The molecule has 0 N–H and O–H groups in total. The van der Waals surface area contributed by atoms with Gasteiger partial charge < -0.3 is 9.30 Å². The van der Waals surface area contributed by atoms with Gasteiger partial charge in [0.2, 0.25) is 0 Å². The maximum absolute atomic E-state index is 13.7. The summed E-state index contributed by atoms with van der Waals surface area (Å²) in [7, 11) is 1.67. The summed E-state index contributed by atoms with van der Waals surface area (Å²) >= 11 is 11.6. The molecule has 0 amide bonds. The molecule has 0 saturated carbocycles. The van der Waals surface area contributed by atoms with Gasteiger partial charge in [-0.15, -0.1) is 11.6 Å². The molecule has 0 saturated heterocycles. The second-order valence-corrected chi connectivity index (χ2v) is 5.68. The number of ether oxygens (including phenoxy) is 1. The van der Waals surface area contributed by atoms with E-state index in [0.29, 0.717) is 36.9 Å². The van der Waals surface area contributed by atoms with Crippen molar-refractivity contribution in [3.63, 3.8) is 0 Å². The number of aromatic nitrogens is 2. The van der Waals surface area contributed by atoms with Crippen LogP contribution < -0.4 is 0 Å². The predicted octanol–water partition coefficient (Wildman–Crippen LogP) is 3.89. The Balaban J connectivity index is 2.47. The van der Waals surface area contributed by atoms with Gasteiger partial charge in [0.05, 0.1) is 22.7 Å². The van der Waals surface area contributed by atoms with Crippen molar-refractivity contribution >= 4 is 34.2 Å². The van der Waals surface area contributed by atoms with E-state index in [2.05, 4.69) is 11.9 Å². The first-order chi connectivity index (χ1) is 9.56. The van der Waals surface area contributed by atoms with Crippen molar-refractivity contribution in [1.82, 2.24) is 9.55 Å². The molecule has 3 nitrogen and oxygen atoms in total. The normalized spacial score (nSPS) is 13.1. The Bertz CT molecular complexity index is 600. The quantitative estimate of drug-likeness (QED) is 0.755. The van der Waals surface area contributed by atoms with Crippen molar-refractivity contribution in [1.29, 1.82) is 0 Å². The first-order valence-corrected chi connectivity index (χ1v) is 7.37. The lowest BCUT2D eigenvalue weighted by atomic mass is 10.2. The van der Waals surface area contributed by atoms with Gasteiger partial charge in [0, 0.05) is 32.0 Å². The summed E-state index contributed by atoms with van der Waals surface area (Å²) < 4.78 is 20.8. The molecule has 1 heterocycles. The third kappa shape index (κ3) is 3.25. The van der Waals surface area contributed by atoms with Gasteiger partial charge in [-0.2, -0.15) is 0 Å². The number of fused-ring (bicyclic) bond motifs is 1. The summed E-state index contributed by atoms with van der Waals surface area (Å²) in [6.07, 6.45) is 0.634. The minimum absolute atomic E-state index is 0.0875. The second-order valence-electron chi connectivity index (χ2n) is 4.89. The molecular weight excluding hydrogens is 302 g/mol. The summed E-state index contributed by atoms with van der Waals surface area (Å²) in [5.41, 5.74) is 1.44. The van der Waals surface area contributed by atoms with E-state index in [0.717, 1.165) is 11.3 Å². The molecule has 0 aliphatic rings. The van der Waals surface area contributed by atoms with Gasteiger partial charge in [-0.3, -0.25) is 0 Å². The molecule has 1 aromatic heterocycles. The van der Waals surface area contributed by atoms with E-state index in [1.54, 1.807) is 13.2 Å². The zero-order valence-electron chi connectivity index (χ0n) is 11.5. The molecule has 0 bridgehead atoms. The van der Waals surface area contributed by atoms with Crippen molar-refractivity contribution < 1.29 is 9.13 Å². The van der Waals surface area contributed by atoms with E-state index >= 15 is 0 Å². The van der Waals surface area contributed by atoms with Gasteiger partial charge in [-0.25, -0.2) is 9.37 Å². The largest absolute Gasteiger partial charge is 0.384 e. The van der Waals surface area contributed by atoms with Gasteiger partial charge >= 0.3 is 0 Å². The average Bonchev–Trinajstić information content (AvgIpc) is 2.69. The van der Waals surface area contributed by atoms with Crippen LogP contribution in [0.5, 0.6) is 0 Å². The molecule has 1 aromatic carbocycles. The Labute approximate surface area is 127 Å². The Morgan fingerprint density at radius 2 is 2.20 bits per heavy atom. The molecule has 1 atom stereocenters. The van der Waals surface area contributed by atoms with Crippen LogP contribution in [0.15, 0.2) is 12.1 Å². The summed E-state index contributed by atoms with van der Waals surface area (Å²) in [5.74, 6) is 1.18. The van der Waals surface area contributed by atoms with Crippen molar-refractivity contribution in [3.8, 4) is 0 Å². The fourth-order valence-corrected chi connectivity index (χ4v) is 2.62. The third-order valence-corrected chi connectivity index (χ3v) is 3.61. The Hall–Kier alpha value is -0.840. The van der Waals surface area contributed by atoms with Crippen LogP contribution in [0.1, 0.15) is 12.7 Å². The van der Waals surface area contributed by atoms with Gasteiger partial charge in [-0.05, 0) is 12.0 Å². The minimum atomic E-state index is -0.433. The summed E-state index contributed by atoms with van der Waals surface area (Å²) in [5, 5.41) is 0.0875. The zero-order chi connectivity index (χ0) is 14.7. The number of methoxy groups -OCH3 is 1. The van der Waals surface area contributed by atoms with Crippen LogP contribution in [0, 0.1) is 11.7 Å². The van der Waals surface area contributed by atoms with Crippen molar-refractivity contribution in [2.24, 2.45) is 5.92 Å². The highest BCUT2D eigenvalue weighted by molar-refractivity contribution is 6.31. The van der Waals surface area contributed by atoms with Crippen LogP contribution in [0.2, 0.25) is 5.02 Å². The number of benzene rings is 1. The molecule has 0 aliphatic heterocycles. The summed E-state index contributed by atoms with van der Waals surface area (Å²) in [6, 6.07) is 2.99. The van der Waals surface area contributed by atoms with E-state index < -0.39 is 5.82 Å². The Morgan fingerprint density at radius 3 is 2.85 bits per heavy atom. The van der Waals surface area contributed by atoms with E-state index in [-0.39, 0.29) is 5.02 Å². The number of aryl methyl sites for hydroxylation is 1. The lowest BCUT2D eigenvalue weighted by Gasteiger charge is -2.14. The van der Waals surface area contributed by atoms with Crippen molar-refractivity contribution in [3.05, 3.63) is 28.8 Å². The maximum atomic E-state index is 13.7. The fourth-order valence-electron chi connectivity index (χ4n) is 2.30. The summed E-state index contributed by atoms with van der Waals surface area (Å²) in [6.45, 7) is 3.42. The lowest BCUT2D eigenvalue weighted by molar-refractivity contribution is 0.151. The zero-order valence-corrected chi connectivity index (χ0v) is 13.0. The van der Waals surface area contributed by atoms with Crippen molar-refractivity contribution in [2.75, 3.05) is 19.6 Å². The fraction of sp³-hybridized carbons (Fsp3) is 0.500. The summed E-state index contributed by atoms with van der Waals surface area (Å²) in [4.78, 5) is 4.50. The molecule has 0 aliphatic carbocycles. The second kappa shape index (κ2) is 6.74. The number of nitrogens with zero attached hydrogens (tertiary/aromatic N) is 2. The number of rotatable bonds is 6. The van der Waals surface area contributed by atoms with Crippen LogP contribution in [0.3, 0.4) is 0 Å². The number of hydrogen-bond donors (Lipinski definition) is 0. The highest BCUT2D eigenvalue weighted by atomic mass is 35.5. The molecule has 2 aromatic rings. The minimum Gasteiger partial charge on any atom is -0.384 e. The van der Waals surface area contributed by atoms with Crippen LogP contribution in [0.25, 0.3) is 11.0 Å². The molecule has 20 heavy (non-hydrogen) atoms. The molecular formula is C14H17Cl2FN2O. The molecule has 2 rings (SSSR count). The van der Waals surface area contributed by atoms with E-state index in [4.69, 9.17) is 27.9 Å². The van der Waals surface area contributed by atoms with Gasteiger partial charge in [-0.1, -0.05) is 18.5 Å². The van der Waals surface area contributed by atoms with Gasteiger partial charge in [0.25, 0.3) is 0 Å².